The van der Waals surface area contributed by atoms with Gasteiger partial charge in [0.15, 0.2) is 0 Å². The highest BCUT2D eigenvalue weighted by molar-refractivity contribution is 7.88. The molecule has 0 saturated heterocycles. The molecule has 31 heavy (non-hydrogen) atoms. The molecule has 7 nitrogen and oxygen atoms in total. The van der Waals surface area contributed by atoms with Crippen molar-refractivity contribution in [2.45, 2.75) is 44.3 Å². The van der Waals surface area contributed by atoms with Crippen LogP contribution in [0.3, 0.4) is 0 Å². The first-order chi connectivity index (χ1) is 14.3. The van der Waals surface area contributed by atoms with Crippen molar-refractivity contribution in [1.82, 2.24) is 9.36 Å². The van der Waals surface area contributed by atoms with Gasteiger partial charge in [0.2, 0.25) is 5.88 Å². The number of aromatic nitrogens is 2. The van der Waals surface area contributed by atoms with Crippen molar-refractivity contribution in [2.24, 2.45) is 0 Å². The Morgan fingerprint density at radius 3 is 2.32 bits per heavy atom. The third kappa shape index (κ3) is 5.84. The lowest BCUT2D eigenvalue weighted by Crippen LogP contribution is -2.28. The Morgan fingerprint density at radius 2 is 1.81 bits per heavy atom. The summed E-state index contributed by atoms with van der Waals surface area (Å²) in [5.74, 6) is -2.29. The molecule has 2 heterocycles. The monoisotopic (exact) mass is 491 g/mol. The zero-order chi connectivity index (χ0) is 23.6. The van der Waals surface area contributed by atoms with Gasteiger partial charge in [0.1, 0.15) is 10.6 Å². The SMILES string of the molecule is CC.O=C(Nc1ccnc(C(F)(F)F)c1)c1snc(OS(=O)(=O)C(F)(F)F)c1C1CC1. The molecule has 0 radical (unpaired) electrons. The number of nitrogens with one attached hydrogen (secondary N) is 1. The van der Waals surface area contributed by atoms with Gasteiger partial charge in [0, 0.05) is 17.4 Å². The molecule has 1 aliphatic carbocycles. The van der Waals surface area contributed by atoms with Crippen molar-refractivity contribution >= 4 is 33.2 Å². The zero-order valence-corrected chi connectivity index (χ0v) is 17.5. The lowest BCUT2D eigenvalue weighted by molar-refractivity contribution is -0.141. The Labute approximate surface area is 176 Å². The number of rotatable bonds is 5. The molecule has 172 valence electrons. The highest BCUT2D eigenvalue weighted by Gasteiger charge is 2.50. The normalized spacial score (nSPS) is 14.5. The fourth-order valence-corrected chi connectivity index (χ4v) is 3.51. The summed E-state index contributed by atoms with van der Waals surface area (Å²) in [5, 5.41) is 2.16. The van der Waals surface area contributed by atoms with Crippen LogP contribution >= 0.6 is 11.5 Å². The lowest BCUT2D eigenvalue weighted by Gasteiger charge is -2.10. The van der Waals surface area contributed by atoms with Crippen molar-refractivity contribution in [3.63, 3.8) is 0 Å². The molecule has 0 unspecified atom stereocenters. The molecule has 1 fully saturated rings. The van der Waals surface area contributed by atoms with Gasteiger partial charge in [-0.25, -0.2) is 0 Å². The van der Waals surface area contributed by atoms with Crippen molar-refractivity contribution in [3.8, 4) is 5.88 Å². The molecule has 1 amide bonds. The number of anilines is 1. The molecule has 1 saturated carbocycles. The molecule has 0 spiro atoms. The number of alkyl halides is 6. The summed E-state index contributed by atoms with van der Waals surface area (Å²) in [6.07, 6.45) is -3.03. The Hall–Kier alpha value is -2.42. The van der Waals surface area contributed by atoms with Crippen LogP contribution in [0.25, 0.3) is 0 Å². The third-order valence-corrected chi connectivity index (χ3v) is 5.46. The first kappa shape index (κ1) is 24.8. The van der Waals surface area contributed by atoms with Crippen LogP contribution in [0.4, 0.5) is 32.0 Å². The van der Waals surface area contributed by atoms with Gasteiger partial charge in [0.25, 0.3) is 5.91 Å². The van der Waals surface area contributed by atoms with E-state index in [-0.39, 0.29) is 16.1 Å². The van der Waals surface area contributed by atoms with E-state index in [0.29, 0.717) is 30.4 Å². The average Bonchev–Trinajstić information content (AvgIpc) is 3.42. The largest absolute Gasteiger partial charge is 0.534 e. The van der Waals surface area contributed by atoms with Crippen LogP contribution in [0.15, 0.2) is 18.3 Å². The Morgan fingerprint density at radius 1 is 1.19 bits per heavy atom. The van der Waals surface area contributed by atoms with E-state index >= 15 is 0 Å². The topological polar surface area (TPSA) is 98.2 Å². The highest BCUT2D eigenvalue weighted by Crippen LogP contribution is 2.48. The Balaban J connectivity index is 0.00000166. The number of pyridine rings is 1. The fraction of sp³-hybridized carbons (Fsp3) is 0.438. The number of nitrogens with zero attached hydrogens (tertiary/aromatic N) is 2. The molecule has 2 aromatic heterocycles. The van der Waals surface area contributed by atoms with E-state index in [4.69, 9.17) is 0 Å². The minimum absolute atomic E-state index is 0.134. The van der Waals surface area contributed by atoms with Crippen LogP contribution in [0.1, 0.15) is 53.5 Å². The maximum absolute atomic E-state index is 12.7. The van der Waals surface area contributed by atoms with Gasteiger partial charge in [-0.1, -0.05) is 13.8 Å². The van der Waals surface area contributed by atoms with Gasteiger partial charge >= 0.3 is 21.8 Å². The molecular weight excluding hydrogens is 476 g/mol. The highest BCUT2D eigenvalue weighted by atomic mass is 32.2. The van der Waals surface area contributed by atoms with Crippen LogP contribution < -0.4 is 9.50 Å². The summed E-state index contributed by atoms with van der Waals surface area (Å²) in [6.45, 7) is 4.00. The molecule has 1 aliphatic rings. The lowest BCUT2D eigenvalue weighted by atomic mass is 10.1. The quantitative estimate of drug-likeness (QED) is 0.361. The minimum atomic E-state index is -5.99. The van der Waals surface area contributed by atoms with Crippen molar-refractivity contribution < 1.29 is 43.7 Å². The zero-order valence-electron chi connectivity index (χ0n) is 15.8. The van der Waals surface area contributed by atoms with Crippen LogP contribution in [0.2, 0.25) is 0 Å². The molecule has 3 rings (SSSR count). The van der Waals surface area contributed by atoms with E-state index in [1.54, 1.807) is 0 Å². The number of halogens is 6. The van der Waals surface area contributed by atoms with Crippen molar-refractivity contribution in [3.05, 3.63) is 34.5 Å². The summed E-state index contributed by atoms with van der Waals surface area (Å²) in [5.41, 5.74) is -7.35. The summed E-state index contributed by atoms with van der Waals surface area (Å²) in [7, 11) is -5.99. The van der Waals surface area contributed by atoms with Crippen LogP contribution in [0.5, 0.6) is 5.88 Å². The predicted molar refractivity (Wildman–Crippen MR) is 98.2 cm³/mol. The van der Waals surface area contributed by atoms with Crippen molar-refractivity contribution in [2.75, 3.05) is 5.32 Å². The summed E-state index contributed by atoms with van der Waals surface area (Å²) in [6, 6.07) is 1.65. The molecule has 0 bridgehead atoms. The van der Waals surface area contributed by atoms with Gasteiger partial charge in [-0.15, -0.1) is 0 Å². The second-order valence-corrected chi connectivity index (χ2v) is 8.18. The first-order valence-corrected chi connectivity index (χ1v) is 10.8. The average molecular weight is 491 g/mol. The van der Waals surface area contributed by atoms with E-state index < -0.39 is 45.2 Å². The first-order valence-electron chi connectivity index (χ1n) is 8.64. The molecule has 0 aromatic carbocycles. The molecule has 2 aromatic rings. The van der Waals surface area contributed by atoms with Crippen LogP contribution in [-0.2, 0) is 16.3 Å². The van der Waals surface area contributed by atoms with Gasteiger partial charge < -0.3 is 9.50 Å². The maximum Gasteiger partial charge on any atom is 0.534 e. The van der Waals surface area contributed by atoms with Gasteiger partial charge in [0.05, 0.1) is 0 Å². The number of hydrogen-bond acceptors (Lipinski definition) is 7. The number of carbonyl (C=O) groups excluding carboxylic acids is 1. The minimum Gasteiger partial charge on any atom is -0.354 e. The van der Waals surface area contributed by atoms with Crippen LogP contribution in [0, 0.1) is 0 Å². The molecular formula is C16H15F6N3O4S2. The second-order valence-electron chi connectivity index (χ2n) is 5.87. The van der Waals surface area contributed by atoms with E-state index in [2.05, 4.69) is 18.9 Å². The molecule has 0 atom stereocenters. The standard InChI is InChI=1S/C14H9F6N3O4S2.C2H6/c15-13(16,17)8-5-7(3-4-21-8)22-11(24)10-9(6-1-2-6)12(23-28-10)27-29(25,26)14(18,19)20;1-2/h3-6H,1-2H2,(H,21,22,24);1-2H3. The van der Waals surface area contributed by atoms with E-state index in [1.807, 2.05) is 13.8 Å². The summed E-state index contributed by atoms with van der Waals surface area (Å²) in [4.78, 5) is 15.3. The number of hydrogen-bond donors (Lipinski definition) is 1. The summed E-state index contributed by atoms with van der Waals surface area (Å²) >= 11 is 0.376. The Kier molecular flexibility index (Phi) is 7.20. The molecule has 15 heteroatoms. The van der Waals surface area contributed by atoms with E-state index in [9.17, 15) is 39.6 Å². The van der Waals surface area contributed by atoms with Crippen LogP contribution in [-0.4, -0.2) is 29.2 Å². The van der Waals surface area contributed by atoms with Gasteiger partial charge in [-0.2, -0.15) is 39.1 Å². The van der Waals surface area contributed by atoms with Gasteiger partial charge in [-0.3, -0.25) is 9.78 Å². The van der Waals surface area contributed by atoms with E-state index in [0.717, 1.165) is 12.3 Å². The summed E-state index contributed by atoms with van der Waals surface area (Å²) < 4.78 is 106. The molecule has 1 N–H and O–H groups in total. The predicted octanol–water partition coefficient (Wildman–Crippen LogP) is 4.94. The number of carbonyl (C=O) groups is 1. The smallest absolute Gasteiger partial charge is 0.354 e. The van der Waals surface area contributed by atoms with Gasteiger partial charge in [-0.05, 0) is 42.4 Å². The van der Waals surface area contributed by atoms with Crippen molar-refractivity contribution in [1.29, 1.82) is 0 Å². The fourth-order valence-electron chi connectivity index (χ4n) is 2.24. The second kappa shape index (κ2) is 8.98. The molecule has 0 aliphatic heterocycles. The number of amides is 1. The maximum atomic E-state index is 12.7. The third-order valence-electron chi connectivity index (χ3n) is 3.67. The Bertz CT molecular complexity index is 1050. The van der Waals surface area contributed by atoms with E-state index in [1.165, 1.54) is 0 Å².